The average Bonchev–Trinajstić information content (AvgIpc) is 2.86. The molecule has 1 amide bonds. The highest BCUT2D eigenvalue weighted by atomic mass is 32.1. The van der Waals surface area contributed by atoms with Gasteiger partial charge in [-0.2, -0.15) is 0 Å². The van der Waals surface area contributed by atoms with Gasteiger partial charge in [0.15, 0.2) is 5.13 Å². The molecule has 0 spiro atoms. The molecule has 0 atom stereocenters. The molecule has 0 unspecified atom stereocenters. The van der Waals surface area contributed by atoms with Gasteiger partial charge in [-0.25, -0.2) is 9.37 Å². The van der Waals surface area contributed by atoms with Crippen molar-refractivity contribution in [2.24, 2.45) is 0 Å². The van der Waals surface area contributed by atoms with E-state index in [1.54, 1.807) is 18.2 Å². The van der Waals surface area contributed by atoms with Crippen molar-refractivity contribution >= 4 is 22.4 Å². The van der Waals surface area contributed by atoms with E-state index in [1.807, 2.05) is 5.38 Å². The van der Waals surface area contributed by atoms with Gasteiger partial charge in [-0.1, -0.05) is 32.0 Å². The Labute approximate surface area is 121 Å². The number of benzene rings is 1. The molecule has 0 aliphatic carbocycles. The number of amides is 1. The van der Waals surface area contributed by atoms with Crippen LogP contribution in [0.4, 0.5) is 9.52 Å². The maximum absolute atomic E-state index is 13.4. The van der Waals surface area contributed by atoms with Crippen molar-refractivity contribution in [1.82, 2.24) is 4.98 Å². The van der Waals surface area contributed by atoms with E-state index in [0.29, 0.717) is 23.0 Å². The number of thiazole rings is 1. The molecule has 1 heterocycles. The number of anilines is 1. The van der Waals surface area contributed by atoms with Gasteiger partial charge in [0.2, 0.25) is 5.91 Å². The molecule has 1 N–H and O–H groups in total. The summed E-state index contributed by atoms with van der Waals surface area (Å²) in [5.74, 6) is -0.0649. The first-order valence-corrected chi connectivity index (χ1v) is 7.43. The van der Waals surface area contributed by atoms with Crippen molar-refractivity contribution in [3.63, 3.8) is 0 Å². The van der Waals surface area contributed by atoms with Crippen molar-refractivity contribution in [2.45, 2.75) is 32.6 Å². The third-order valence-electron chi connectivity index (χ3n) is 2.94. The molecule has 0 aliphatic rings. The topological polar surface area (TPSA) is 42.0 Å². The lowest BCUT2D eigenvalue weighted by Gasteiger charge is -2.03. The number of nitrogens with zero attached hydrogens (tertiary/aromatic N) is 1. The molecule has 1 aromatic heterocycles. The molecule has 0 bridgehead atoms. The van der Waals surface area contributed by atoms with Crippen LogP contribution < -0.4 is 5.32 Å². The Kier molecular flexibility index (Phi) is 4.84. The van der Waals surface area contributed by atoms with Crippen LogP contribution in [-0.2, 0) is 11.2 Å². The molecule has 0 saturated heterocycles. The summed E-state index contributed by atoms with van der Waals surface area (Å²) < 4.78 is 13.4. The Morgan fingerprint density at radius 3 is 2.80 bits per heavy atom. The average molecular weight is 292 g/mol. The third-order valence-corrected chi connectivity index (χ3v) is 3.72. The second-order valence-electron chi connectivity index (χ2n) is 4.87. The highest BCUT2D eigenvalue weighted by Gasteiger charge is 2.10. The maximum atomic E-state index is 13.4. The van der Waals surface area contributed by atoms with E-state index in [1.165, 1.54) is 17.4 Å². The van der Waals surface area contributed by atoms with Gasteiger partial charge >= 0.3 is 0 Å². The Morgan fingerprint density at radius 1 is 1.40 bits per heavy atom. The van der Waals surface area contributed by atoms with E-state index in [4.69, 9.17) is 0 Å². The van der Waals surface area contributed by atoms with Crippen LogP contribution in [0.2, 0.25) is 0 Å². The monoisotopic (exact) mass is 292 g/mol. The summed E-state index contributed by atoms with van der Waals surface area (Å²) in [5, 5.41) is 5.30. The fourth-order valence-electron chi connectivity index (χ4n) is 1.74. The Morgan fingerprint density at radius 2 is 2.15 bits per heavy atom. The molecule has 1 aromatic carbocycles. The third kappa shape index (κ3) is 3.87. The highest BCUT2D eigenvalue weighted by Crippen LogP contribution is 2.21. The van der Waals surface area contributed by atoms with Gasteiger partial charge < -0.3 is 5.32 Å². The molecular weight excluding hydrogens is 275 g/mol. The molecule has 0 saturated carbocycles. The van der Waals surface area contributed by atoms with E-state index >= 15 is 0 Å². The number of rotatable bonds is 5. The van der Waals surface area contributed by atoms with Crippen LogP contribution in [0.15, 0.2) is 29.6 Å². The minimum atomic E-state index is -0.267. The molecule has 20 heavy (non-hydrogen) atoms. The number of nitrogens with one attached hydrogen (secondary N) is 1. The second-order valence-corrected chi connectivity index (χ2v) is 5.73. The number of aromatic nitrogens is 1. The van der Waals surface area contributed by atoms with Crippen molar-refractivity contribution in [2.75, 3.05) is 5.32 Å². The molecule has 2 aromatic rings. The predicted octanol–water partition coefficient (Wildman–Crippen LogP) is 3.98. The van der Waals surface area contributed by atoms with Crippen molar-refractivity contribution in [3.05, 3.63) is 46.7 Å². The number of carbonyl (C=O) groups is 1. The first-order chi connectivity index (χ1) is 9.56. The summed E-state index contributed by atoms with van der Waals surface area (Å²) >= 11 is 1.41. The summed E-state index contributed by atoms with van der Waals surface area (Å²) in [6.45, 7) is 4.11. The van der Waals surface area contributed by atoms with E-state index in [9.17, 15) is 9.18 Å². The van der Waals surface area contributed by atoms with Crippen LogP contribution in [0.1, 0.15) is 37.4 Å². The lowest BCUT2D eigenvalue weighted by molar-refractivity contribution is -0.116. The minimum absolute atomic E-state index is 0.141. The zero-order chi connectivity index (χ0) is 14.5. The largest absolute Gasteiger partial charge is 0.302 e. The van der Waals surface area contributed by atoms with Gasteiger partial charge in [0.05, 0.1) is 5.69 Å². The Balaban J connectivity index is 1.88. The van der Waals surface area contributed by atoms with Crippen molar-refractivity contribution in [3.8, 4) is 0 Å². The molecule has 5 heteroatoms. The fraction of sp³-hybridized carbons (Fsp3) is 0.333. The molecule has 106 valence electrons. The van der Waals surface area contributed by atoms with Gasteiger partial charge in [-0.05, 0) is 24.0 Å². The predicted molar refractivity (Wildman–Crippen MR) is 79.6 cm³/mol. The van der Waals surface area contributed by atoms with Crippen LogP contribution in [0, 0.1) is 5.82 Å². The number of aryl methyl sites for hydroxylation is 1. The van der Waals surface area contributed by atoms with Gasteiger partial charge in [0.1, 0.15) is 5.82 Å². The van der Waals surface area contributed by atoms with Crippen LogP contribution in [0.3, 0.4) is 0 Å². The van der Waals surface area contributed by atoms with Crippen LogP contribution in [-0.4, -0.2) is 10.9 Å². The van der Waals surface area contributed by atoms with Crippen molar-refractivity contribution in [1.29, 1.82) is 0 Å². The summed E-state index contributed by atoms with van der Waals surface area (Å²) in [6.07, 6.45) is 0.637. The van der Waals surface area contributed by atoms with E-state index in [-0.39, 0.29) is 18.1 Å². The molecule has 0 aliphatic heterocycles. The molecule has 2 rings (SSSR count). The lowest BCUT2D eigenvalue weighted by Crippen LogP contribution is -2.12. The molecule has 3 nitrogen and oxygen atoms in total. The number of halogens is 1. The Bertz CT molecular complexity index is 595. The first kappa shape index (κ1) is 14.7. The number of carbonyl (C=O) groups excluding carboxylic acids is 1. The van der Waals surface area contributed by atoms with Crippen LogP contribution >= 0.6 is 11.3 Å². The smallest absolute Gasteiger partial charge is 0.226 e. The van der Waals surface area contributed by atoms with E-state index in [0.717, 1.165) is 5.69 Å². The second kappa shape index (κ2) is 6.61. The van der Waals surface area contributed by atoms with E-state index < -0.39 is 0 Å². The number of hydrogen-bond donors (Lipinski definition) is 1. The minimum Gasteiger partial charge on any atom is -0.302 e. The summed E-state index contributed by atoms with van der Waals surface area (Å²) in [6, 6.07) is 6.51. The first-order valence-electron chi connectivity index (χ1n) is 6.55. The summed E-state index contributed by atoms with van der Waals surface area (Å²) in [4.78, 5) is 16.1. The standard InChI is InChI=1S/C15H17FN2OS/c1-10(2)13-9-20-15(17-13)18-14(19)8-7-11-5-3-4-6-12(11)16/h3-6,9-10H,7-8H2,1-2H3,(H,17,18,19). The lowest BCUT2D eigenvalue weighted by atomic mass is 10.1. The van der Waals surface area contributed by atoms with Gasteiger partial charge in [0.25, 0.3) is 0 Å². The van der Waals surface area contributed by atoms with Crippen LogP contribution in [0.25, 0.3) is 0 Å². The van der Waals surface area contributed by atoms with Crippen molar-refractivity contribution < 1.29 is 9.18 Å². The molecule has 0 fully saturated rings. The summed E-state index contributed by atoms with van der Waals surface area (Å²) in [7, 11) is 0. The van der Waals surface area contributed by atoms with Gasteiger partial charge in [-0.3, -0.25) is 4.79 Å². The summed E-state index contributed by atoms with van der Waals surface area (Å²) in [5.41, 5.74) is 1.53. The molecule has 0 radical (unpaired) electrons. The zero-order valence-electron chi connectivity index (χ0n) is 11.5. The SMILES string of the molecule is CC(C)c1csc(NC(=O)CCc2ccccc2F)n1. The fourth-order valence-corrected chi connectivity index (χ4v) is 2.63. The Hall–Kier alpha value is -1.75. The quantitative estimate of drug-likeness (QED) is 0.905. The highest BCUT2D eigenvalue weighted by molar-refractivity contribution is 7.13. The van der Waals surface area contributed by atoms with Gasteiger partial charge in [0, 0.05) is 11.8 Å². The van der Waals surface area contributed by atoms with Crippen LogP contribution in [0.5, 0.6) is 0 Å². The normalized spacial score (nSPS) is 10.8. The number of hydrogen-bond acceptors (Lipinski definition) is 3. The van der Waals surface area contributed by atoms with E-state index in [2.05, 4.69) is 24.1 Å². The zero-order valence-corrected chi connectivity index (χ0v) is 12.3. The maximum Gasteiger partial charge on any atom is 0.226 e. The van der Waals surface area contributed by atoms with Gasteiger partial charge in [-0.15, -0.1) is 11.3 Å². The molecular formula is C15H17FN2OS.